The first-order valence-electron chi connectivity index (χ1n) is 12.9. The van der Waals surface area contributed by atoms with Crippen molar-refractivity contribution in [2.45, 2.75) is 13.1 Å². The Balaban J connectivity index is 1.26. The molecule has 12 heteroatoms. The van der Waals surface area contributed by atoms with Crippen LogP contribution in [0.2, 0.25) is 0 Å². The van der Waals surface area contributed by atoms with Gasteiger partial charge in [-0.05, 0) is 35.9 Å². The third-order valence-electron chi connectivity index (χ3n) is 7.00. The monoisotopic (exact) mass is 546 g/mol. The molecule has 0 aliphatic carbocycles. The molecular formula is C27H30N8O3S. The number of anilines is 2. The Kier molecular flexibility index (Phi) is 7.24. The molecule has 0 amide bonds. The van der Waals surface area contributed by atoms with Crippen molar-refractivity contribution in [1.29, 1.82) is 0 Å². The zero-order chi connectivity index (χ0) is 26.8. The highest BCUT2D eigenvalue weighted by atomic mass is 32.2. The predicted molar refractivity (Wildman–Crippen MR) is 150 cm³/mol. The van der Waals surface area contributed by atoms with Crippen LogP contribution in [0, 0.1) is 0 Å². The second-order valence-corrected chi connectivity index (χ2v) is 10.7. The van der Waals surface area contributed by atoms with Crippen molar-refractivity contribution in [3.8, 4) is 11.3 Å². The molecule has 4 heterocycles. The highest BCUT2D eigenvalue weighted by molar-refractivity contribution is 7.69. The number of aromatic nitrogens is 5. The van der Waals surface area contributed by atoms with Crippen LogP contribution in [0.4, 0.5) is 11.6 Å². The van der Waals surface area contributed by atoms with E-state index >= 15 is 0 Å². The fourth-order valence-corrected chi connectivity index (χ4v) is 5.16. The summed E-state index contributed by atoms with van der Waals surface area (Å²) in [6, 6.07) is 17.8. The molecule has 0 spiro atoms. The molecule has 1 aliphatic heterocycles. The first-order chi connectivity index (χ1) is 19.0. The second-order valence-electron chi connectivity index (χ2n) is 9.57. The van der Waals surface area contributed by atoms with Crippen LogP contribution in [0.5, 0.6) is 0 Å². The maximum atomic E-state index is 11.4. The summed E-state index contributed by atoms with van der Waals surface area (Å²) < 4.78 is 33.5. The van der Waals surface area contributed by atoms with E-state index in [0.29, 0.717) is 5.95 Å². The molecule has 0 unspecified atom stereocenters. The Morgan fingerprint density at radius 2 is 1.87 bits per heavy atom. The smallest absolute Gasteiger partial charge is 0.245 e. The van der Waals surface area contributed by atoms with Gasteiger partial charge in [0.05, 0.1) is 48.9 Å². The zero-order valence-electron chi connectivity index (χ0n) is 21.6. The summed E-state index contributed by atoms with van der Waals surface area (Å²) in [5, 5.41) is 13.8. The molecule has 1 N–H and O–H groups in total. The number of nitrogens with zero attached hydrogens (tertiary/aromatic N) is 7. The van der Waals surface area contributed by atoms with Crippen LogP contribution in [0.3, 0.4) is 0 Å². The number of fused-ring (bicyclic) bond motifs is 2. The molecule has 3 aromatic heterocycles. The van der Waals surface area contributed by atoms with Crippen molar-refractivity contribution in [3.63, 3.8) is 0 Å². The SMILES string of the molecule is CN(Cc1ccccc1-c1ccc2cnc(Nc3ccc4cnn(CCN5CCOCC5)c4c3)nn12)[SH](=O)=O. The van der Waals surface area contributed by atoms with Gasteiger partial charge >= 0.3 is 0 Å². The van der Waals surface area contributed by atoms with Gasteiger partial charge in [-0.3, -0.25) is 9.58 Å². The van der Waals surface area contributed by atoms with E-state index in [2.05, 4.69) is 26.4 Å². The Morgan fingerprint density at radius 1 is 1.03 bits per heavy atom. The molecule has 1 aliphatic rings. The maximum Gasteiger partial charge on any atom is 0.245 e. The lowest BCUT2D eigenvalue weighted by Gasteiger charge is -2.26. The van der Waals surface area contributed by atoms with E-state index < -0.39 is 10.9 Å². The van der Waals surface area contributed by atoms with E-state index in [1.165, 1.54) is 4.31 Å². The standard InChI is InChI=1S/C27H30N8O3S/c1-32(39(36)37)19-21-4-2-3-5-24(21)25-9-8-23-18-28-27(31-35(23)25)30-22-7-6-20-17-29-34(26(20)16-22)11-10-33-12-14-38-15-13-33/h2-9,16-18,39H,10-15,19H2,1H3,(H,30,31). The number of hydrogen-bond acceptors (Lipinski definition) is 8. The molecule has 1 saturated heterocycles. The molecule has 6 rings (SSSR count). The van der Waals surface area contributed by atoms with Gasteiger partial charge in [0.15, 0.2) is 0 Å². The number of hydrogen-bond donors (Lipinski definition) is 2. The lowest BCUT2D eigenvalue weighted by molar-refractivity contribution is 0.0361. The van der Waals surface area contributed by atoms with Crippen LogP contribution >= 0.6 is 0 Å². The normalized spacial score (nSPS) is 14.6. The summed E-state index contributed by atoms with van der Waals surface area (Å²) in [6.07, 6.45) is 3.66. The number of thiol groups is 1. The van der Waals surface area contributed by atoms with E-state index in [1.807, 2.05) is 63.9 Å². The summed E-state index contributed by atoms with van der Waals surface area (Å²) in [4.78, 5) is 6.92. The fraction of sp³-hybridized carbons (Fsp3) is 0.296. The van der Waals surface area contributed by atoms with Crippen LogP contribution in [-0.4, -0.2) is 81.9 Å². The third kappa shape index (κ3) is 5.50. The van der Waals surface area contributed by atoms with Crippen molar-refractivity contribution in [3.05, 3.63) is 72.6 Å². The van der Waals surface area contributed by atoms with Crippen LogP contribution in [0.15, 0.2) is 67.0 Å². The topological polar surface area (TPSA) is 110 Å². The summed E-state index contributed by atoms with van der Waals surface area (Å²) in [6.45, 7) is 5.47. The summed E-state index contributed by atoms with van der Waals surface area (Å²) in [5.41, 5.74) is 5.41. The first kappa shape index (κ1) is 25.4. The molecule has 11 nitrogen and oxygen atoms in total. The molecule has 0 bridgehead atoms. The van der Waals surface area contributed by atoms with Gasteiger partial charge in [-0.2, -0.15) is 5.10 Å². The molecule has 5 aromatic rings. The van der Waals surface area contributed by atoms with Crippen molar-refractivity contribution in [2.24, 2.45) is 0 Å². The summed E-state index contributed by atoms with van der Waals surface area (Å²) >= 11 is 0. The van der Waals surface area contributed by atoms with Gasteiger partial charge in [-0.25, -0.2) is 22.2 Å². The third-order valence-corrected chi connectivity index (χ3v) is 7.70. The Labute approximate surface area is 227 Å². The van der Waals surface area contributed by atoms with Crippen molar-refractivity contribution >= 4 is 38.9 Å². The minimum atomic E-state index is -2.66. The van der Waals surface area contributed by atoms with Crippen LogP contribution in [0.25, 0.3) is 27.7 Å². The minimum absolute atomic E-state index is 0.275. The van der Waals surface area contributed by atoms with Gasteiger partial charge in [0.25, 0.3) is 0 Å². The average Bonchev–Trinajstić information content (AvgIpc) is 3.56. The quantitative estimate of drug-likeness (QED) is 0.272. The Bertz CT molecular complexity index is 1680. The van der Waals surface area contributed by atoms with E-state index in [9.17, 15) is 8.42 Å². The lowest BCUT2D eigenvalue weighted by Crippen LogP contribution is -2.38. The van der Waals surface area contributed by atoms with Crippen molar-refractivity contribution in [1.82, 2.24) is 33.6 Å². The Morgan fingerprint density at radius 3 is 2.72 bits per heavy atom. The maximum absolute atomic E-state index is 11.4. The molecule has 0 saturated carbocycles. The Hall–Kier alpha value is -3.84. The van der Waals surface area contributed by atoms with E-state index in [4.69, 9.17) is 9.84 Å². The minimum Gasteiger partial charge on any atom is -0.379 e. The molecule has 0 radical (unpaired) electrons. The predicted octanol–water partition coefficient (Wildman–Crippen LogP) is 2.78. The van der Waals surface area contributed by atoms with Crippen LogP contribution in [-0.2, 0) is 28.7 Å². The average molecular weight is 547 g/mol. The van der Waals surface area contributed by atoms with Gasteiger partial charge in [-0.1, -0.05) is 24.3 Å². The van der Waals surface area contributed by atoms with Gasteiger partial charge in [0.2, 0.25) is 16.8 Å². The van der Waals surface area contributed by atoms with Crippen LogP contribution in [0.1, 0.15) is 5.56 Å². The number of ether oxygens (including phenoxy) is 1. The highest BCUT2D eigenvalue weighted by Gasteiger charge is 2.14. The van der Waals surface area contributed by atoms with Gasteiger partial charge < -0.3 is 10.1 Å². The van der Waals surface area contributed by atoms with Crippen molar-refractivity contribution < 1.29 is 13.2 Å². The molecule has 0 atom stereocenters. The lowest BCUT2D eigenvalue weighted by atomic mass is 10.0. The fourth-order valence-electron chi connectivity index (χ4n) is 4.89. The first-order valence-corrected chi connectivity index (χ1v) is 14.0. The molecule has 39 heavy (non-hydrogen) atoms. The number of benzene rings is 2. The van der Waals surface area contributed by atoms with E-state index in [0.717, 1.165) is 78.3 Å². The van der Waals surface area contributed by atoms with Gasteiger partial charge in [0.1, 0.15) is 0 Å². The number of morpholine rings is 1. The van der Waals surface area contributed by atoms with Crippen molar-refractivity contribution in [2.75, 3.05) is 45.2 Å². The number of rotatable bonds is 9. The molecular weight excluding hydrogens is 516 g/mol. The largest absolute Gasteiger partial charge is 0.379 e. The van der Waals surface area contributed by atoms with Gasteiger partial charge in [-0.15, -0.1) is 5.10 Å². The number of nitrogens with one attached hydrogen (secondary N) is 1. The van der Waals surface area contributed by atoms with Gasteiger partial charge in [0, 0.05) is 49.9 Å². The van der Waals surface area contributed by atoms with Crippen LogP contribution < -0.4 is 5.32 Å². The molecule has 2 aromatic carbocycles. The van der Waals surface area contributed by atoms with E-state index in [-0.39, 0.29) is 6.54 Å². The molecule has 1 fully saturated rings. The molecule has 202 valence electrons. The highest BCUT2D eigenvalue weighted by Crippen LogP contribution is 2.27. The summed E-state index contributed by atoms with van der Waals surface area (Å²) in [7, 11) is -1.10. The van der Waals surface area contributed by atoms with E-state index in [1.54, 1.807) is 13.2 Å². The zero-order valence-corrected chi connectivity index (χ0v) is 22.5. The second kappa shape index (κ2) is 11.1. The summed E-state index contributed by atoms with van der Waals surface area (Å²) in [5.74, 6) is 0.455.